The van der Waals surface area contributed by atoms with Crippen molar-refractivity contribution in [2.24, 2.45) is 11.3 Å². The summed E-state index contributed by atoms with van der Waals surface area (Å²) in [6.45, 7) is 10.3. The van der Waals surface area contributed by atoms with Crippen molar-refractivity contribution in [3.8, 4) is 0 Å². The molecule has 1 aromatic heterocycles. The third-order valence-electron chi connectivity index (χ3n) is 3.84. The molecule has 0 amide bonds. The molecule has 5 nitrogen and oxygen atoms in total. The minimum absolute atomic E-state index is 0.420. The molecular weight excluding hydrogens is 228 g/mol. The molecule has 0 unspecified atom stereocenters. The second-order valence-corrected chi connectivity index (χ2v) is 5.91. The molecule has 0 bridgehead atoms. The monoisotopic (exact) mass is 252 g/mol. The molecule has 1 aliphatic carbocycles. The molecular formula is C13H24N4O. The van der Waals surface area contributed by atoms with Crippen LogP contribution in [-0.2, 0) is 6.54 Å². The van der Waals surface area contributed by atoms with Crippen LogP contribution in [0.2, 0.25) is 0 Å². The van der Waals surface area contributed by atoms with E-state index in [1.807, 2.05) is 0 Å². The molecule has 102 valence electrons. The van der Waals surface area contributed by atoms with Crippen molar-refractivity contribution >= 4 is 6.01 Å². The van der Waals surface area contributed by atoms with Crippen molar-refractivity contribution in [2.75, 3.05) is 11.9 Å². The zero-order valence-corrected chi connectivity index (χ0v) is 11.8. The maximum atomic E-state index is 5.54. The molecule has 0 spiro atoms. The average Bonchev–Trinajstić information content (AvgIpc) is 2.98. The highest BCUT2D eigenvalue weighted by Crippen LogP contribution is 2.51. The predicted molar refractivity (Wildman–Crippen MR) is 71.3 cm³/mol. The summed E-state index contributed by atoms with van der Waals surface area (Å²) < 4.78 is 5.54. The normalized spacial score (nSPS) is 17.4. The van der Waals surface area contributed by atoms with Gasteiger partial charge in [-0.2, -0.15) is 0 Å². The smallest absolute Gasteiger partial charge is 0.315 e. The lowest BCUT2D eigenvalue weighted by atomic mass is 9.92. The van der Waals surface area contributed by atoms with Crippen molar-refractivity contribution in [3.63, 3.8) is 0 Å². The zero-order valence-electron chi connectivity index (χ0n) is 11.8. The van der Waals surface area contributed by atoms with E-state index >= 15 is 0 Å². The number of hydrogen-bond donors (Lipinski definition) is 2. The molecule has 0 aliphatic heterocycles. The highest BCUT2D eigenvalue weighted by atomic mass is 16.4. The Morgan fingerprint density at radius 1 is 1.22 bits per heavy atom. The summed E-state index contributed by atoms with van der Waals surface area (Å²) >= 11 is 0. The molecule has 2 N–H and O–H groups in total. The van der Waals surface area contributed by atoms with Crippen LogP contribution in [-0.4, -0.2) is 22.8 Å². The summed E-state index contributed by atoms with van der Waals surface area (Å²) in [4.78, 5) is 0. The molecule has 0 radical (unpaired) electrons. The molecule has 5 heteroatoms. The average molecular weight is 252 g/mol. The Labute approximate surface area is 109 Å². The third kappa shape index (κ3) is 3.22. The Morgan fingerprint density at radius 2 is 1.94 bits per heavy atom. The van der Waals surface area contributed by atoms with E-state index in [9.17, 15) is 0 Å². The van der Waals surface area contributed by atoms with Crippen LogP contribution in [0, 0.1) is 11.3 Å². The summed E-state index contributed by atoms with van der Waals surface area (Å²) in [7, 11) is 0. The van der Waals surface area contributed by atoms with Gasteiger partial charge in [0, 0.05) is 12.6 Å². The van der Waals surface area contributed by atoms with E-state index in [1.54, 1.807) is 0 Å². The van der Waals surface area contributed by atoms with E-state index in [4.69, 9.17) is 4.42 Å². The van der Waals surface area contributed by atoms with Gasteiger partial charge in [-0.3, -0.25) is 0 Å². The Morgan fingerprint density at radius 3 is 2.50 bits per heavy atom. The van der Waals surface area contributed by atoms with Gasteiger partial charge in [0.25, 0.3) is 0 Å². The number of hydrogen-bond acceptors (Lipinski definition) is 5. The van der Waals surface area contributed by atoms with Crippen LogP contribution in [0.4, 0.5) is 6.01 Å². The third-order valence-corrected chi connectivity index (χ3v) is 3.84. The van der Waals surface area contributed by atoms with Gasteiger partial charge in [0.15, 0.2) is 0 Å². The van der Waals surface area contributed by atoms with E-state index in [-0.39, 0.29) is 0 Å². The molecule has 1 heterocycles. The van der Waals surface area contributed by atoms with Gasteiger partial charge < -0.3 is 15.1 Å². The molecule has 2 rings (SSSR count). The van der Waals surface area contributed by atoms with E-state index in [0.29, 0.717) is 35.8 Å². The minimum Gasteiger partial charge on any atom is -0.407 e. The number of nitrogens with one attached hydrogen (secondary N) is 2. The molecule has 1 aliphatic rings. The lowest BCUT2D eigenvalue weighted by molar-refractivity contribution is 0.374. The van der Waals surface area contributed by atoms with Crippen molar-refractivity contribution in [1.82, 2.24) is 15.5 Å². The molecule has 1 fully saturated rings. The lowest BCUT2D eigenvalue weighted by Gasteiger charge is -2.18. The molecule has 0 aromatic carbocycles. The number of aromatic nitrogens is 2. The quantitative estimate of drug-likeness (QED) is 0.780. The number of nitrogens with zero attached hydrogens (tertiary/aromatic N) is 2. The first-order valence-corrected chi connectivity index (χ1v) is 6.81. The Balaban J connectivity index is 1.80. The van der Waals surface area contributed by atoms with Crippen molar-refractivity contribution in [3.05, 3.63) is 5.89 Å². The van der Waals surface area contributed by atoms with Gasteiger partial charge in [-0.05, 0) is 24.2 Å². The Bertz CT molecular complexity index is 382. The van der Waals surface area contributed by atoms with Gasteiger partial charge >= 0.3 is 6.01 Å². The summed E-state index contributed by atoms with van der Waals surface area (Å²) in [5.74, 6) is 1.34. The standard InChI is InChI=1S/C13H24N4O/c1-9(2)13(5-6-13)8-15-12-17-16-11(18-12)7-14-10(3)4/h9-10,14H,5-8H2,1-4H3,(H,15,17). The fourth-order valence-corrected chi connectivity index (χ4v) is 2.06. The minimum atomic E-state index is 0.420. The summed E-state index contributed by atoms with van der Waals surface area (Å²) in [5, 5.41) is 14.6. The fourth-order valence-electron chi connectivity index (χ4n) is 2.06. The Hall–Kier alpha value is -1.10. The first-order valence-electron chi connectivity index (χ1n) is 6.81. The zero-order chi connectivity index (χ0) is 13.2. The maximum Gasteiger partial charge on any atom is 0.315 e. The predicted octanol–water partition coefficient (Wildman–Crippen LogP) is 2.42. The molecule has 1 aromatic rings. The van der Waals surface area contributed by atoms with Crippen LogP contribution in [0.5, 0.6) is 0 Å². The van der Waals surface area contributed by atoms with Gasteiger partial charge in [0.2, 0.25) is 5.89 Å². The summed E-state index contributed by atoms with van der Waals surface area (Å²) in [6, 6.07) is 0.964. The number of rotatable bonds is 7. The van der Waals surface area contributed by atoms with E-state index in [1.165, 1.54) is 12.8 Å². The van der Waals surface area contributed by atoms with Crippen LogP contribution in [0.15, 0.2) is 4.42 Å². The van der Waals surface area contributed by atoms with Crippen LogP contribution in [0.1, 0.15) is 46.4 Å². The van der Waals surface area contributed by atoms with Crippen molar-refractivity contribution in [2.45, 2.75) is 53.1 Å². The van der Waals surface area contributed by atoms with E-state index < -0.39 is 0 Å². The van der Waals surface area contributed by atoms with Crippen LogP contribution in [0.3, 0.4) is 0 Å². The Kier molecular flexibility index (Phi) is 3.90. The summed E-state index contributed by atoms with van der Waals surface area (Å²) in [5.41, 5.74) is 0.449. The van der Waals surface area contributed by atoms with Crippen LogP contribution < -0.4 is 10.6 Å². The van der Waals surface area contributed by atoms with Crippen molar-refractivity contribution in [1.29, 1.82) is 0 Å². The first kappa shape index (κ1) is 13.3. The summed E-state index contributed by atoms with van der Waals surface area (Å²) in [6.07, 6.45) is 2.60. The van der Waals surface area contributed by atoms with Gasteiger partial charge in [-0.25, -0.2) is 0 Å². The molecule has 0 atom stereocenters. The lowest BCUT2D eigenvalue weighted by Crippen LogP contribution is -2.22. The SMILES string of the molecule is CC(C)NCc1nnc(NCC2(C(C)C)CC2)o1. The van der Waals surface area contributed by atoms with E-state index in [2.05, 4.69) is 48.5 Å². The highest BCUT2D eigenvalue weighted by Gasteiger charge is 2.45. The van der Waals surface area contributed by atoms with Crippen molar-refractivity contribution < 1.29 is 4.42 Å². The number of anilines is 1. The van der Waals surface area contributed by atoms with E-state index in [0.717, 1.165) is 6.54 Å². The topological polar surface area (TPSA) is 63.0 Å². The van der Waals surface area contributed by atoms with Gasteiger partial charge in [0.1, 0.15) is 0 Å². The molecule has 0 saturated heterocycles. The van der Waals surface area contributed by atoms with Gasteiger partial charge in [0.05, 0.1) is 6.54 Å². The highest BCUT2D eigenvalue weighted by molar-refractivity contribution is 5.20. The maximum absolute atomic E-state index is 5.54. The second kappa shape index (κ2) is 5.26. The van der Waals surface area contributed by atoms with Crippen LogP contribution in [0.25, 0.3) is 0 Å². The van der Waals surface area contributed by atoms with Gasteiger partial charge in [-0.1, -0.05) is 32.8 Å². The van der Waals surface area contributed by atoms with Gasteiger partial charge in [-0.15, -0.1) is 5.10 Å². The largest absolute Gasteiger partial charge is 0.407 e. The molecule has 1 saturated carbocycles. The molecule has 18 heavy (non-hydrogen) atoms. The fraction of sp³-hybridized carbons (Fsp3) is 0.846. The van der Waals surface area contributed by atoms with Crippen LogP contribution >= 0.6 is 0 Å². The first-order chi connectivity index (χ1) is 8.52. The second-order valence-electron chi connectivity index (χ2n) is 5.91.